The molecular formula is C15H11IO8. The number of ether oxygens (including phenoxy) is 3. The molecule has 1 aromatic heterocycles. The SMILES string of the molecule is CC(=O)Oc1cc2occ(I)c(=O)c2c(OC(C)=O)c1OC(C)=O. The zero-order valence-corrected chi connectivity index (χ0v) is 15.0. The first-order valence-electron chi connectivity index (χ1n) is 6.54. The zero-order chi connectivity index (χ0) is 18.0. The van der Waals surface area contributed by atoms with E-state index >= 15 is 0 Å². The third kappa shape index (κ3) is 3.72. The summed E-state index contributed by atoms with van der Waals surface area (Å²) < 4.78 is 20.5. The van der Waals surface area contributed by atoms with Crippen LogP contribution in [0.15, 0.2) is 21.5 Å². The van der Waals surface area contributed by atoms with Gasteiger partial charge in [0, 0.05) is 26.8 Å². The highest BCUT2D eigenvalue weighted by atomic mass is 127. The third-order valence-corrected chi connectivity index (χ3v) is 3.39. The van der Waals surface area contributed by atoms with Crippen molar-refractivity contribution >= 4 is 51.5 Å². The van der Waals surface area contributed by atoms with Gasteiger partial charge < -0.3 is 18.6 Å². The predicted molar refractivity (Wildman–Crippen MR) is 89.1 cm³/mol. The van der Waals surface area contributed by atoms with Crippen molar-refractivity contribution in [2.75, 3.05) is 0 Å². The van der Waals surface area contributed by atoms with Gasteiger partial charge in [0.15, 0.2) is 11.5 Å². The fourth-order valence-electron chi connectivity index (χ4n) is 1.90. The van der Waals surface area contributed by atoms with Crippen molar-refractivity contribution in [1.82, 2.24) is 0 Å². The molecule has 2 aromatic rings. The van der Waals surface area contributed by atoms with Crippen LogP contribution in [-0.4, -0.2) is 17.9 Å². The molecule has 0 unspecified atom stereocenters. The number of hydrogen-bond acceptors (Lipinski definition) is 8. The summed E-state index contributed by atoms with van der Waals surface area (Å²) in [5.74, 6) is -3.14. The summed E-state index contributed by atoms with van der Waals surface area (Å²) in [4.78, 5) is 46.5. The minimum absolute atomic E-state index is 0.00354. The first kappa shape index (κ1) is 17.9. The Bertz CT molecular complexity index is 912. The van der Waals surface area contributed by atoms with Gasteiger partial charge in [-0.05, 0) is 22.6 Å². The molecular weight excluding hydrogens is 435 g/mol. The zero-order valence-electron chi connectivity index (χ0n) is 12.8. The Morgan fingerprint density at radius 2 is 1.50 bits per heavy atom. The van der Waals surface area contributed by atoms with Crippen LogP contribution in [0, 0.1) is 3.57 Å². The van der Waals surface area contributed by atoms with Crippen LogP contribution in [0.5, 0.6) is 17.2 Å². The van der Waals surface area contributed by atoms with E-state index in [1.807, 2.05) is 0 Å². The van der Waals surface area contributed by atoms with E-state index in [1.54, 1.807) is 22.6 Å². The van der Waals surface area contributed by atoms with Crippen molar-refractivity contribution in [2.45, 2.75) is 20.8 Å². The molecule has 0 bridgehead atoms. The first-order valence-corrected chi connectivity index (χ1v) is 7.61. The Hall–Kier alpha value is -2.43. The third-order valence-electron chi connectivity index (χ3n) is 2.64. The Morgan fingerprint density at radius 1 is 0.958 bits per heavy atom. The maximum Gasteiger partial charge on any atom is 0.308 e. The van der Waals surface area contributed by atoms with Crippen LogP contribution < -0.4 is 19.6 Å². The number of benzene rings is 1. The van der Waals surface area contributed by atoms with Gasteiger partial charge >= 0.3 is 17.9 Å². The fourth-order valence-corrected chi connectivity index (χ4v) is 2.30. The lowest BCUT2D eigenvalue weighted by molar-refractivity contribution is -0.135. The molecule has 0 radical (unpaired) electrons. The molecule has 0 aliphatic carbocycles. The van der Waals surface area contributed by atoms with Crippen LogP contribution in [0.4, 0.5) is 0 Å². The van der Waals surface area contributed by atoms with Crippen LogP contribution in [0.1, 0.15) is 20.8 Å². The Labute approximate surface area is 148 Å². The molecule has 0 saturated heterocycles. The highest BCUT2D eigenvalue weighted by molar-refractivity contribution is 14.1. The summed E-state index contributed by atoms with van der Waals surface area (Å²) in [6, 6.07) is 1.21. The standard InChI is InChI=1S/C15H11IO8/c1-6(17)22-11-4-10-12(13(20)9(16)5-21-10)15(24-8(3)19)14(11)23-7(2)18/h4-5H,1-3H3. The van der Waals surface area contributed by atoms with Gasteiger partial charge in [-0.3, -0.25) is 19.2 Å². The molecule has 0 amide bonds. The molecule has 0 N–H and O–H groups in total. The number of esters is 3. The van der Waals surface area contributed by atoms with Crippen molar-refractivity contribution in [1.29, 1.82) is 0 Å². The molecule has 9 heteroatoms. The number of rotatable bonds is 3. The number of carbonyl (C=O) groups is 3. The van der Waals surface area contributed by atoms with Gasteiger partial charge in [-0.2, -0.15) is 0 Å². The minimum atomic E-state index is -0.761. The summed E-state index contributed by atoms with van der Waals surface area (Å²) >= 11 is 1.75. The monoisotopic (exact) mass is 446 g/mol. The molecule has 1 aromatic carbocycles. The molecule has 0 aliphatic heterocycles. The van der Waals surface area contributed by atoms with Crippen LogP contribution in [-0.2, 0) is 14.4 Å². The molecule has 2 rings (SSSR count). The topological polar surface area (TPSA) is 109 Å². The van der Waals surface area contributed by atoms with Crippen molar-refractivity contribution in [3.63, 3.8) is 0 Å². The molecule has 0 fully saturated rings. The van der Waals surface area contributed by atoms with Crippen molar-refractivity contribution in [3.05, 3.63) is 26.1 Å². The van der Waals surface area contributed by atoms with Gasteiger partial charge in [-0.25, -0.2) is 0 Å². The van der Waals surface area contributed by atoms with E-state index in [4.69, 9.17) is 18.6 Å². The Kier molecular flexibility index (Phi) is 5.22. The fraction of sp³-hybridized carbons (Fsp3) is 0.200. The van der Waals surface area contributed by atoms with E-state index in [-0.39, 0.29) is 31.8 Å². The average molecular weight is 446 g/mol. The van der Waals surface area contributed by atoms with E-state index in [1.165, 1.54) is 12.3 Å². The summed E-state index contributed by atoms with van der Waals surface area (Å²) in [5, 5.41) is -0.107. The van der Waals surface area contributed by atoms with E-state index in [0.29, 0.717) is 0 Å². The average Bonchev–Trinajstić information content (AvgIpc) is 2.45. The van der Waals surface area contributed by atoms with E-state index in [2.05, 4.69) is 0 Å². The number of carbonyl (C=O) groups excluding carboxylic acids is 3. The second-order valence-corrected chi connectivity index (χ2v) is 5.76. The lowest BCUT2D eigenvalue weighted by Gasteiger charge is -2.14. The van der Waals surface area contributed by atoms with Crippen molar-refractivity contribution in [3.8, 4) is 17.2 Å². The number of fused-ring (bicyclic) bond motifs is 1. The first-order chi connectivity index (χ1) is 11.2. The molecule has 126 valence electrons. The highest BCUT2D eigenvalue weighted by Gasteiger charge is 2.25. The van der Waals surface area contributed by atoms with Gasteiger partial charge in [0.25, 0.3) is 0 Å². The summed E-state index contributed by atoms with van der Waals surface area (Å²) in [6.45, 7) is 3.35. The van der Waals surface area contributed by atoms with Gasteiger partial charge in [0.1, 0.15) is 17.2 Å². The summed E-state index contributed by atoms with van der Waals surface area (Å²) in [7, 11) is 0. The summed E-state index contributed by atoms with van der Waals surface area (Å²) in [5.41, 5.74) is -0.486. The van der Waals surface area contributed by atoms with Gasteiger partial charge in [-0.15, -0.1) is 0 Å². The normalized spacial score (nSPS) is 10.3. The lowest BCUT2D eigenvalue weighted by atomic mass is 10.1. The van der Waals surface area contributed by atoms with E-state index in [0.717, 1.165) is 20.8 Å². The predicted octanol–water partition coefficient (Wildman–Crippen LogP) is 2.17. The maximum absolute atomic E-state index is 12.4. The Morgan fingerprint density at radius 3 is 2.04 bits per heavy atom. The minimum Gasteiger partial charge on any atom is -0.463 e. The van der Waals surface area contributed by atoms with Crippen LogP contribution >= 0.6 is 22.6 Å². The molecule has 24 heavy (non-hydrogen) atoms. The quantitative estimate of drug-likeness (QED) is 0.401. The molecule has 8 nitrogen and oxygen atoms in total. The van der Waals surface area contributed by atoms with Crippen molar-refractivity contribution in [2.24, 2.45) is 0 Å². The maximum atomic E-state index is 12.4. The van der Waals surface area contributed by atoms with E-state index < -0.39 is 23.3 Å². The second-order valence-electron chi connectivity index (χ2n) is 4.60. The molecule has 0 atom stereocenters. The van der Waals surface area contributed by atoms with Crippen LogP contribution in [0.2, 0.25) is 0 Å². The molecule has 0 spiro atoms. The highest BCUT2D eigenvalue weighted by Crippen LogP contribution is 2.43. The molecule has 0 saturated carbocycles. The van der Waals surface area contributed by atoms with Gasteiger partial charge in [0.05, 0.1) is 3.57 Å². The largest absolute Gasteiger partial charge is 0.463 e. The number of halogens is 1. The molecule has 1 heterocycles. The number of hydrogen-bond donors (Lipinski definition) is 0. The van der Waals surface area contributed by atoms with Gasteiger partial charge in [0.2, 0.25) is 11.2 Å². The molecule has 0 aliphatic rings. The Balaban J connectivity index is 2.93. The summed E-state index contributed by atoms with van der Waals surface area (Å²) in [6.07, 6.45) is 1.20. The van der Waals surface area contributed by atoms with Crippen LogP contribution in [0.25, 0.3) is 11.0 Å². The lowest BCUT2D eigenvalue weighted by Crippen LogP contribution is -2.14. The van der Waals surface area contributed by atoms with Gasteiger partial charge in [-0.1, -0.05) is 0 Å². The van der Waals surface area contributed by atoms with Crippen LogP contribution in [0.3, 0.4) is 0 Å². The smallest absolute Gasteiger partial charge is 0.308 e. The van der Waals surface area contributed by atoms with E-state index in [9.17, 15) is 19.2 Å². The van der Waals surface area contributed by atoms with Crippen molar-refractivity contribution < 1.29 is 33.0 Å². The second kappa shape index (κ2) is 6.99.